The number of aliphatic carboxylic acids is 1. The van der Waals surface area contributed by atoms with E-state index < -0.39 is 11.9 Å². The maximum Gasteiger partial charge on any atom is 0.308 e. The maximum atomic E-state index is 10.7. The first kappa shape index (κ1) is 11.5. The first-order valence-electron chi connectivity index (χ1n) is 4.88. The van der Waals surface area contributed by atoms with Gasteiger partial charge < -0.3 is 10.0 Å². The molecule has 0 aromatic carbocycles. The smallest absolute Gasteiger partial charge is 0.308 e. The molecule has 0 amide bonds. The minimum Gasteiger partial charge on any atom is -0.481 e. The normalized spacial score (nSPS) is 12.2. The second kappa shape index (κ2) is 4.77. The zero-order chi connectivity index (χ0) is 11.4. The van der Waals surface area contributed by atoms with Crippen molar-refractivity contribution < 1.29 is 9.90 Å². The molecule has 15 heavy (non-hydrogen) atoms. The van der Waals surface area contributed by atoms with Gasteiger partial charge in [0.05, 0.1) is 5.92 Å². The highest BCUT2D eigenvalue weighted by Gasteiger charge is 2.14. The number of aromatic nitrogens is 1. The van der Waals surface area contributed by atoms with E-state index in [9.17, 15) is 4.79 Å². The fourth-order valence-corrected chi connectivity index (χ4v) is 1.32. The third-order valence-corrected chi connectivity index (χ3v) is 2.23. The van der Waals surface area contributed by atoms with Crippen molar-refractivity contribution in [1.82, 2.24) is 4.98 Å². The molecule has 0 aliphatic carbocycles. The monoisotopic (exact) mass is 208 g/mol. The average molecular weight is 208 g/mol. The van der Waals surface area contributed by atoms with Crippen LogP contribution in [0.25, 0.3) is 0 Å². The molecule has 1 unspecified atom stereocenters. The Morgan fingerprint density at radius 1 is 1.60 bits per heavy atom. The van der Waals surface area contributed by atoms with E-state index in [0.717, 1.165) is 11.5 Å². The summed E-state index contributed by atoms with van der Waals surface area (Å²) in [6.45, 7) is 4.07. The minimum atomic E-state index is -0.783. The van der Waals surface area contributed by atoms with E-state index in [4.69, 9.17) is 5.11 Å². The summed E-state index contributed by atoms with van der Waals surface area (Å²) in [5, 5.41) is 8.79. The van der Waals surface area contributed by atoms with Crippen LogP contribution in [0.2, 0.25) is 0 Å². The lowest BCUT2D eigenvalue weighted by Crippen LogP contribution is -2.29. The molecule has 1 aromatic rings. The molecule has 1 rings (SSSR count). The van der Waals surface area contributed by atoms with E-state index in [0.29, 0.717) is 6.54 Å². The third kappa shape index (κ3) is 3.23. The van der Waals surface area contributed by atoms with Crippen molar-refractivity contribution in [2.45, 2.75) is 13.8 Å². The number of anilines is 1. The Labute approximate surface area is 89.6 Å². The highest BCUT2D eigenvalue weighted by Crippen LogP contribution is 2.11. The molecule has 82 valence electrons. The Morgan fingerprint density at radius 3 is 2.80 bits per heavy atom. The van der Waals surface area contributed by atoms with Gasteiger partial charge >= 0.3 is 5.97 Å². The van der Waals surface area contributed by atoms with E-state index in [2.05, 4.69) is 4.98 Å². The molecule has 4 heteroatoms. The van der Waals surface area contributed by atoms with E-state index in [1.807, 2.05) is 37.1 Å². The summed E-state index contributed by atoms with van der Waals surface area (Å²) in [7, 11) is 1.85. The highest BCUT2D eigenvalue weighted by atomic mass is 16.4. The molecular weight excluding hydrogens is 192 g/mol. The Kier molecular flexibility index (Phi) is 3.66. The first-order valence-corrected chi connectivity index (χ1v) is 4.88. The van der Waals surface area contributed by atoms with Gasteiger partial charge in [-0.2, -0.15) is 0 Å². The molecule has 0 aliphatic heterocycles. The quantitative estimate of drug-likeness (QED) is 0.815. The van der Waals surface area contributed by atoms with Crippen LogP contribution in [-0.4, -0.2) is 29.7 Å². The first-order chi connectivity index (χ1) is 7.00. The number of pyridine rings is 1. The number of hydrogen-bond acceptors (Lipinski definition) is 3. The van der Waals surface area contributed by atoms with E-state index >= 15 is 0 Å². The fourth-order valence-electron chi connectivity index (χ4n) is 1.32. The molecule has 1 atom stereocenters. The van der Waals surface area contributed by atoms with Gasteiger partial charge in [-0.25, -0.2) is 4.98 Å². The van der Waals surface area contributed by atoms with Crippen LogP contribution in [0, 0.1) is 12.8 Å². The highest BCUT2D eigenvalue weighted by molar-refractivity contribution is 5.70. The van der Waals surface area contributed by atoms with Gasteiger partial charge in [0.25, 0.3) is 0 Å². The SMILES string of the molecule is Cc1cccc(N(C)CC(C)C(=O)O)n1. The van der Waals surface area contributed by atoms with Crippen LogP contribution in [-0.2, 0) is 4.79 Å². The van der Waals surface area contributed by atoms with Crippen molar-refractivity contribution >= 4 is 11.8 Å². The summed E-state index contributed by atoms with van der Waals surface area (Å²) >= 11 is 0. The second-order valence-electron chi connectivity index (χ2n) is 3.76. The van der Waals surface area contributed by atoms with E-state index in [1.165, 1.54) is 0 Å². The molecule has 0 saturated carbocycles. The lowest BCUT2D eigenvalue weighted by Gasteiger charge is -2.20. The number of carboxylic acids is 1. The Hall–Kier alpha value is -1.58. The zero-order valence-corrected chi connectivity index (χ0v) is 9.27. The van der Waals surface area contributed by atoms with Crippen molar-refractivity contribution in [2.24, 2.45) is 5.92 Å². The van der Waals surface area contributed by atoms with Crippen molar-refractivity contribution in [1.29, 1.82) is 0 Å². The van der Waals surface area contributed by atoms with Crippen LogP contribution < -0.4 is 4.90 Å². The molecule has 0 bridgehead atoms. The average Bonchev–Trinajstić information content (AvgIpc) is 2.17. The number of rotatable bonds is 4. The molecule has 1 heterocycles. The summed E-state index contributed by atoms with van der Waals surface area (Å²) in [5.74, 6) is -0.366. The van der Waals surface area contributed by atoms with Crippen LogP contribution in [0.4, 0.5) is 5.82 Å². The number of carbonyl (C=O) groups is 1. The summed E-state index contributed by atoms with van der Waals surface area (Å²) in [6, 6.07) is 5.71. The van der Waals surface area contributed by atoms with Crippen molar-refractivity contribution in [3.8, 4) is 0 Å². The molecule has 1 N–H and O–H groups in total. The Morgan fingerprint density at radius 2 is 2.27 bits per heavy atom. The number of aryl methyl sites for hydroxylation is 1. The largest absolute Gasteiger partial charge is 0.481 e. The van der Waals surface area contributed by atoms with Crippen LogP contribution in [0.1, 0.15) is 12.6 Å². The molecule has 0 aliphatic rings. The van der Waals surface area contributed by atoms with Gasteiger partial charge in [-0.15, -0.1) is 0 Å². The predicted octanol–water partition coefficient (Wildman–Crippen LogP) is 1.55. The van der Waals surface area contributed by atoms with Crippen LogP contribution in [0.5, 0.6) is 0 Å². The van der Waals surface area contributed by atoms with Gasteiger partial charge in [0.1, 0.15) is 5.82 Å². The van der Waals surface area contributed by atoms with Crippen LogP contribution in [0.15, 0.2) is 18.2 Å². The van der Waals surface area contributed by atoms with Gasteiger partial charge in [0.15, 0.2) is 0 Å². The van der Waals surface area contributed by atoms with Gasteiger partial charge in [0, 0.05) is 19.3 Å². The Bertz CT molecular complexity index is 352. The molecule has 0 spiro atoms. The van der Waals surface area contributed by atoms with Gasteiger partial charge in [-0.1, -0.05) is 13.0 Å². The maximum absolute atomic E-state index is 10.7. The van der Waals surface area contributed by atoms with Crippen LogP contribution >= 0.6 is 0 Å². The number of nitrogens with zero attached hydrogens (tertiary/aromatic N) is 2. The second-order valence-corrected chi connectivity index (χ2v) is 3.76. The molecule has 0 radical (unpaired) electrons. The summed E-state index contributed by atoms with van der Waals surface area (Å²) in [5.41, 5.74) is 0.933. The predicted molar refractivity (Wildman–Crippen MR) is 59.0 cm³/mol. The van der Waals surface area contributed by atoms with Crippen molar-refractivity contribution in [3.63, 3.8) is 0 Å². The van der Waals surface area contributed by atoms with Crippen LogP contribution in [0.3, 0.4) is 0 Å². The van der Waals surface area contributed by atoms with Gasteiger partial charge in [-0.05, 0) is 19.1 Å². The van der Waals surface area contributed by atoms with Crippen molar-refractivity contribution in [3.05, 3.63) is 23.9 Å². The minimum absolute atomic E-state index is 0.391. The van der Waals surface area contributed by atoms with E-state index in [1.54, 1.807) is 6.92 Å². The third-order valence-electron chi connectivity index (χ3n) is 2.23. The molecule has 1 aromatic heterocycles. The summed E-state index contributed by atoms with van der Waals surface area (Å²) in [4.78, 5) is 16.9. The van der Waals surface area contributed by atoms with Gasteiger partial charge in [0.2, 0.25) is 0 Å². The molecule has 4 nitrogen and oxygen atoms in total. The number of carboxylic acid groups (broad SMARTS) is 1. The number of hydrogen-bond donors (Lipinski definition) is 1. The molecular formula is C11H16N2O2. The fraction of sp³-hybridized carbons (Fsp3) is 0.455. The standard InChI is InChI=1S/C11H16N2O2/c1-8(11(14)15)7-13(3)10-6-4-5-9(2)12-10/h4-6,8H,7H2,1-3H3,(H,14,15). The van der Waals surface area contributed by atoms with E-state index in [-0.39, 0.29) is 0 Å². The summed E-state index contributed by atoms with van der Waals surface area (Å²) < 4.78 is 0. The Balaban J connectivity index is 2.68. The van der Waals surface area contributed by atoms with Crippen molar-refractivity contribution in [2.75, 3.05) is 18.5 Å². The molecule has 0 saturated heterocycles. The lowest BCUT2D eigenvalue weighted by atomic mass is 10.2. The summed E-state index contributed by atoms with van der Waals surface area (Å²) in [6.07, 6.45) is 0. The molecule has 0 fully saturated rings. The lowest BCUT2D eigenvalue weighted by molar-refractivity contribution is -0.140. The topological polar surface area (TPSA) is 53.4 Å². The van der Waals surface area contributed by atoms with Gasteiger partial charge in [-0.3, -0.25) is 4.79 Å². The zero-order valence-electron chi connectivity index (χ0n) is 9.27.